The molecule has 0 heterocycles. The zero-order valence-corrected chi connectivity index (χ0v) is 8.57. The first kappa shape index (κ1) is 8.94. The SMILES string of the molecule is N#Cc1c2cc[c]cc2cc2ccccc12. The fourth-order valence-corrected chi connectivity index (χ4v) is 2.07. The van der Waals surface area contributed by atoms with E-state index in [9.17, 15) is 5.26 Å². The highest BCUT2D eigenvalue weighted by Gasteiger charge is 2.05. The van der Waals surface area contributed by atoms with Crippen molar-refractivity contribution < 1.29 is 0 Å². The highest BCUT2D eigenvalue weighted by atomic mass is 14.2. The van der Waals surface area contributed by atoms with Crippen LogP contribution in [0.3, 0.4) is 0 Å². The second kappa shape index (κ2) is 3.36. The van der Waals surface area contributed by atoms with Gasteiger partial charge in [0.05, 0.1) is 5.56 Å². The molecule has 0 saturated heterocycles. The van der Waals surface area contributed by atoms with Crippen LogP contribution in [0.1, 0.15) is 5.56 Å². The normalized spacial score (nSPS) is 10.4. The van der Waals surface area contributed by atoms with Gasteiger partial charge in [0.15, 0.2) is 0 Å². The van der Waals surface area contributed by atoms with Gasteiger partial charge in [-0.15, -0.1) is 0 Å². The fourth-order valence-electron chi connectivity index (χ4n) is 2.07. The molecule has 73 valence electrons. The molecule has 0 aliphatic carbocycles. The fraction of sp³-hybridized carbons (Fsp3) is 0. The van der Waals surface area contributed by atoms with Crippen LogP contribution in [0, 0.1) is 17.4 Å². The minimum absolute atomic E-state index is 0.752. The van der Waals surface area contributed by atoms with Gasteiger partial charge in [-0.25, -0.2) is 0 Å². The van der Waals surface area contributed by atoms with Gasteiger partial charge >= 0.3 is 0 Å². The Labute approximate surface area is 93.6 Å². The zero-order chi connectivity index (χ0) is 11.0. The number of nitrogens with zero attached hydrogens (tertiary/aromatic N) is 1. The molecule has 0 N–H and O–H groups in total. The Bertz CT molecular complexity index is 666. The van der Waals surface area contributed by atoms with E-state index in [4.69, 9.17) is 0 Å². The van der Waals surface area contributed by atoms with Gasteiger partial charge in [-0.1, -0.05) is 36.4 Å². The van der Waals surface area contributed by atoms with E-state index in [-0.39, 0.29) is 0 Å². The predicted molar refractivity (Wildman–Crippen MR) is 65.0 cm³/mol. The third-order valence-electron chi connectivity index (χ3n) is 2.82. The van der Waals surface area contributed by atoms with Crippen LogP contribution in [-0.2, 0) is 0 Å². The summed E-state index contributed by atoms with van der Waals surface area (Å²) in [6.45, 7) is 0. The van der Waals surface area contributed by atoms with E-state index in [0.29, 0.717) is 0 Å². The lowest BCUT2D eigenvalue weighted by molar-refractivity contribution is 1.52. The molecule has 3 aromatic carbocycles. The molecule has 1 radical (unpaired) electrons. The molecule has 0 saturated carbocycles. The minimum atomic E-state index is 0.752. The van der Waals surface area contributed by atoms with Crippen molar-refractivity contribution in [3.8, 4) is 6.07 Å². The lowest BCUT2D eigenvalue weighted by Gasteiger charge is -2.04. The quantitative estimate of drug-likeness (QED) is 0.510. The molecule has 0 fully saturated rings. The van der Waals surface area contributed by atoms with E-state index in [1.807, 2.05) is 42.5 Å². The standard InChI is InChI=1S/C15H8N/c16-10-15-13-7-3-1-5-11(13)9-12-6-2-4-8-14(12)15/h1,3-9H. The average molecular weight is 202 g/mol. The number of hydrogen-bond acceptors (Lipinski definition) is 1. The Balaban J connectivity index is 2.63. The van der Waals surface area contributed by atoms with Gasteiger partial charge in [-0.3, -0.25) is 0 Å². The van der Waals surface area contributed by atoms with Crippen LogP contribution in [-0.4, -0.2) is 0 Å². The lowest BCUT2D eigenvalue weighted by Crippen LogP contribution is -1.83. The summed E-state index contributed by atoms with van der Waals surface area (Å²) in [4.78, 5) is 0. The number of benzene rings is 3. The van der Waals surface area contributed by atoms with Crippen LogP contribution >= 0.6 is 0 Å². The summed E-state index contributed by atoms with van der Waals surface area (Å²) in [5.74, 6) is 0. The molecule has 3 rings (SSSR count). The second-order valence-electron chi connectivity index (χ2n) is 3.73. The number of hydrogen-bond donors (Lipinski definition) is 0. The third kappa shape index (κ3) is 1.17. The zero-order valence-electron chi connectivity index (χ0n) is 8.57. The predicted octanol–water partition coefficient (Wildman–Crippen LogP) is 3.66. The van der Waals surface area contributed by atoms with Crippen molar-refractivity contribution in [3.05, 3.63) is 60.2 Å². The Morgan fingerprint density at radius 3 is 2.69 bits per heavy atom. The van der Waals surface area contributed by atoms with Gasteiger partial charge < -0.3 is 0 Å². The summed E-state index contributed by atoms with van der Waals surface area (Å²) in [6, 6.07) is 21.1. The van der Waals surface area contributed by atoms with Gasteiger partial charge in [-0.05, 0) is 29.0 Å². The van der Waals surface area contributed by atoms with Crippen molar-refractivity contribution in [1.29, 1.82) is 5.26 Å². The molecule has 1 heteroatoms. The Hall–Kier alpha value is -2.33. The molecule has 0 bridgehead atoms. The first-order valence-corrected chi connectivity index (χ1v) is 5.12. The van der Waals surface area contributed by atoms with E-state index in [2.05, 4.69) is 18.2 Å². The van der Waals surface area contributed by atoms with Gasteiger partial charge in [0.2, 0.25) is 0 Å². The Kier molecular flexibility index (Phi) is 1.88. The highest BCUT2D eigenvalue weighted by molar-refractivity contribution is 6.04. The van der Waals surface area contributed by atoms with Crippen LogP contribution in [0.4, 0.5) is 0 Å². The van der Waals surface area contributed by atoms with Gasteiger partial charge in [0.1, 0.15) is 6.07 Å². The molecular weight excluding hydrogens is 194 g/mol. The molecule has 0 aromatic heterocycles. The second-order valence-corrected chi connectivity index (χ2v) is 3.73. The maximum atomic E-state index is 9.27. The molecule has 0 unspecified atom stereocenters. The van der Waals surface area contributed by atoms with Crippen molar-refractivity contribution in [1.82, 2.24) is 0 Å². The first-order valence-electron chi connectivity index (χ1n) is 5.12. The van der Waals surface area contributed by atoms with Crippen molar-refractivity contribution in [2.45, 2.75) is 0 Å². The number of nitriles is 1. The molecule has 16 heavy (non-hydrogen) atoms. The molecule has 3 aromatic rings. The first-order chi connectivity index (χ1) is 7.90. The third-order valence-corrected chi connectivity index (χ3v) is 2.82. The minimum Gasteiger partial charge on any atom is -0.192 e. The average Bonchev–Trinajstić information content (AvgIpc) is 2.36. The molecule has 0 aliphatic rings. The summed E-state index contributed by atoms with van der Waals surface area (Å²) in [5.41, 5.74) is 0.752. The molecular formula is C15H8N. The van der Waals surface area contributed by atoms with Gasteiger partial charge in [-0.2, -0.15) is 5.26 Å². The number of rotatable bonds is 0. The van der Waals surface area contributed by atoms with Crippen LogP contribution in [0.2, 0.25) is 0 Å². The van der Waals surface area contributed by atoms with E-state index in [1.165, 1.54) is 0 Å². The monoisotopic (exact) mass is 202 g/mol. The van der Waals surface area contributed by atoms with Crippen LogP contribution in [0.5, 0.6) is 0 Å². The number of fused-ring (bicyclic) bond motifs is 2. The Morgan fingerprint density at radius 1 is 1.00 bits per heavy atom. The van der Waals surface area contributed by atoms with Crippen LogP contribution in [0.25, 0.3) is 21.5 Å². The van der Waals surface area contributed by atoms with Crippen molar-refractivity contribution in [2.24, 2.45) is 0 Å². The largest absolute Gasteiger partial charge is 0.192 e. The summed E-state index contributed by atoms with van der Waals surface area (Å²) in [7, 11) is 0. The topological polar surface area (TPSA) is 23.8 Å². The molecule has 0 amide bonds. The van der Waals surface area contributed by atoms with E-state index >= 15 is 0 Å². The maximum Gasteiger partial charge on any atom is 0.100 e. The van der Waals surface area contributed by atoms with Crippen molar-refractivity contribution >= 4 is 21.5 Å². The lowest BCUT2D eigenvalue weighted by atomic mass is 9.98. The van der Waals surface area contributed by atoms with Gasteiger partial charge in [0.25, 0.3) is 0 Å². The van der Waals surface area contributed by atoms with E-state index in [1.54, 1.807) is 0 Å². The summed E-state index contributed by atoms with van der Waals surface area (Å²) < 4.78 is 0. The van der Waals surface area contributed by atoms with Gasteiger partial charge in [0, 0.05) is 10.8 Å². The highest BCUT2D eigenvalue weighted by Crippen LogP contribution is 2.27. The summed E-state index contributed by atoms with van der Waals surface area (Å²) in [5, 5.41) is 13.5. The van der Waals surface area contributed by atoms with E-state index < -0.39 is 0 Å². The van der Waals surface area contributed by atoms with Crippen LogP contribution in [0.15, 0.2) is 48.5 Å². The Morgan fingerprint density at radius 2 is 1.81 bits per heavy atom. The molecule has 0 spiro atoms. The molecule has 0 aliphatic heterocycles. The van der Waals surface area contributed by atoms with E-state index in [0.717, 1.165) is 27.1 Å². The smallest absolute Gasteiger partial charge is 0.100 e. The van der Waals surface area contributed by atoms with Crippen molar-refractivity contribution in [3.63, 3.8) is 0 Å². The van der Waals surface area contributed by atoms with Crippen molar-refractivity contribution in [2.75, 3.05) is 0 Å². The van der Waals surface area contributed by atoms with Crippen LogP contribution < -0.4 is 0 Å². The summed E-state index contributed by atoms with van der Waals surface area (Å²) >= 11 is 0. The summed E-state index contributed by atoms with van der Waals surface area (Å²) in [6.07, 6.45) is 0. The maximum absolute atomic E-state index is 9.27. The molecule has 1 nitrogen and oxygen atoms in total. The molecule has 0 atom stereocenters.